The molecule has 0 saturated heterocycles. The first kappa shape index (κ1) is 15.0. The van der Waals surface area contributed by atoms with Crippen LogP contribution in [0.5, 0.6) is 6.01 Å². The quantitative estimate of drug-likeness (QED) is 0.675. The summed E-state index contributed by atoms with van der Waals surface area (Å²) in [6.07, 6.45) is 7.66. The van der Waals surface area contributed by atoms with Gasteiger partial charge in [-0.1, -0.05) is 0 Å². The van der Waals surface area contributed by atoms with Gasteiger partial charge in [-0.3, -0.25) is 0 Å². The zero-order valence-corrected chi connectivity index (χ0v) is 12.4. The van der Waals surface area contributed by atoms with E-state index in [9.17, 15) is 0 Å². The molecule has 2 rings (SSSR count). The Morgan fingerprint density at radius 2 is 1.95 bits per heavy atom. The molecule has 2 aromatic rings. The molecule has 2 N–H and O–H groups in total. The van der Waals surface area contributed by atoms with Crippen LogP contribution in [0.1, 0.15) is 19.8 Å². The number of unbranched alkanes of at least 4 members (excludes halogenated alkanes) is 1. The summed E-state index contributed by atoms with van der Waals surface area (Å²) in [5.74, 6) is 1.05. The molecule has 2 heterocycles. The van der Waals surface area contributed by atoms with E-state index in [1.807, 2.05) is 19.4 Å². The van der Waals surface area contributed by atoms with Crippen molar-refractivity contribution in [1.82, 2.24) is 24.5 Å². The van der Waals surface area contributed by atoms with E-state index in [2.05, 4.69) is 35.1 Å². The summed E-state index contributed by atoms with van der Waals surface area (Å²) in [4.78, 5) is 16.6. The molecule has 0 aliphatic rings. The maximum absolute atomic E-state index is 5.07. The van der Waals surface area contributed by atoms with Crippen molar-refractivity contribution in [1.29, 1.82) is 0 Å². The van der Waals surface area contributed by atoms with Crippen LogP contribution < -0.4 is 15.4 Å². The van der Waals surface area contributed by atoms with Gasteiger partial charge in [-0.15, -0.1) is 0 Å². The van der Waals surface area contributed by atoms with Crippen LogP contribution in [0.25, 0.3) is 0 Å². The van der Waals surface area contributed by atoms with Crippen LogP contribution in [-0.4, -0.2) is 44.7 Å². The van der Waals surface area contributed by atoms with Crippen molar-refractivity contribution in [3.63, 3.8) is 0 Å². The van der Waals surface area contributed by atoms with E-state index in [1.54, 1.807) is 13.3 Å². The van der Waals surface area contributed by atoms with Crippen molar-refractivity contribution < 1.29 is 4.74 Å². The van der Waals surface area contributed by atoms with E-state index in [0.29, 0.717) is 17.9 Å². The number of methoxy groups -OCH3 is 1. The SMILES string of the molecule is CCNc1nc(NCCCCn2ccnc2)nc(OC)n1. The highest BCUT2D eigenvalue weighted by atomic mass is 16.5. The average Bonchev–Trinajstić information content (AvgIpc) is 3.00. The van der Waals surface area contributed by atoms with E-state index in [0.717, 1.165) is 32.5 Å². The lowest BCUT2D eigenvalue weighted by Gasteiger charge is -2.08. The van der Waals surface area contributed by atoms with Crippen LogP contribution in [-0.2, 0) is 6.54 Å². The van der Waals surface area contributed by atoms with Gasteiger partial charge < -0.3 is 19.9 Å². The minimum atomic E-state index is 0.307. The first-order valence-corrected chi connectivity index (χ1v) is 7.05. The van der Waals surface area contributed by atoms with Crippen LogP contribution in [0.2, 0.25) is 0 Å². The molecular weight excluding hydrogens is 270 g/mol. The van der Waals surface area contributed by atoms with Gasteiger partial charge in [0, 0.05) is 32.0 Å². The van der Waals surface area contributed by atoms with E-state index in [4.69, 9.17) is 4.74 Å². The lowest BCUT2D eigenvalue weighted by atomic mass is 10.3. The van der Waals surface area contributed by atoms with Gasteiger partial charge in [0.2, 0.25) is 11.9 Å². The topological polar surface area (TPSA) is 89.8 Å². The monoisotopic (exact) mass is 291 g/mol. The molecule has 0 aromatic carbocycles. The average molecular weight is 291 g/mol. The van der Waals surface area contributed by atoms with E-state index in [-0.39, 0.29) is 0 Å². The van der Waals surface area contributed by atoms with Gasteiger partial charge >= 0.3 is 6.01 Å². The minimum absolute atomic E-state index is 0.307. The molecule has 0 aliphatic carbocycles. The standard InChI is InChI=1S/C13H21N7O/c1-3-15-11-17-12(19-13(18-11)21-2)16-6-4-5-8-20-9-7-14-10-20/h7,9-10H,3-6,8H2,1-2H3,(H2,15,16,17,18,19). The van der Waals surface area contributed by atoms with Crippen molar-refractivity contribution >= 4 is 11.9 Å². The maximum atomic E-state index is 5.07. The molecular formula is C13H21N7O. The Morgan fingerprint density at radius 3 is 2.62 bits per heavy atom. The Morgan fingerprint density at radius 1 is 1.14 bits per heavy atom. The Bertz CT molecular complexity index is 529. The molecule has 0 spiro atoms. The van der Waals surface area contributed by atoms with Crippen LogP contribution in [0.3, 0.4) is 0 Å². The van der Waals surface area contributed by atoms with Gasteiger partial charge in [-0.2, -0.15) is 15.0 Å². The van der Waals surface area contributed by atoms with E-state index in [1.165, 1.54) is 0 Å². The molecule has 0 saturated carbocycles. The summed E-state index contributed by atoms with van der Waals surface area (Å²) >= 11 is 0. The van der Waals surface area contributed by atoms with Crippen LogP contribution in [0.4, 0.5) is 11.9 Å². The predicted octanol–water partition coefficient (Wildman–Crippen LogP) is 1.40. The second-order valence-corrected chi connectivity index (χ2v) is 4.43. The molecule has 8 heteroatoms. The highest BCUT2D eigenvalue weighted by Crippen LogP contribution is 2.10. The number of aryl methyl sites for hydroxylation is 1. The Labute approximate surface area is 124 Å². The van der Waals surface area contributed by atoms with Crippen molar-refractivity contribution in [2.45, 2.75) is 26.3 Å². The number of anilines is 2. The molecule has 2 aromatic heterocycles. The molecule has 0 bridgehead atoms. The second-order valence-electron chi connectivity index (χ2n) is 4.43. The number of ether oxygens (including phenoxy) is 1. The van der Waals surface area contributed by atoms with Crippen molar-refractivity contribution in [3.05, 3.63) is 18.7 Å². The van der Waals surface area contributed by atoms with Gasteiger partial charge in [0.15, 0.2) is 0 Å². The largest absolute Gasteiger partial charge is 0.467 e. The Kier molecular flexibility index (Phi) is 5.74. The third-order valence-corrected chi connectivity index (χ3v) is 2.82. The third kappa shape index (κ3) is 4.90. The van der Waals surface area contributed by atoms with Gasteiger partial charge in [0.25, 0.3) is 0 Å². The summed E-state index contributed by atoms with van der Waals surface area (Å²) in [6.45, 7) is 4.50. The third-order valence-electron chi connectivity index (χ3n) is 2.82. The number of aromatic nitrogens is 5. The first-order chi connectivity index (χ1) is 10.3. The number of hydrogen-bond donors (Lipinski definition) is 2. The highest BCUT2D eigenvalue weighted by molar-refractivity contribution is 5.35. The number of rotatable bonds is 9. The van der Waals surface area contributed by atoms with Crippen LogP contribution >= 0.6 is 0 Å². The van der Waals surface area contributed by atoms with E-state index < -0.39 is 0 Å². The number of nitrogens with zero attached hydrogens (tertiary/aromatic N) is 5. The molecule has 0 unspecified atom stereocenters. The molecule has 0 amide bonds. The summed E-state index contributed by atoms with van der Waals surface area (Å²) in [7, 11) is 1.54. The normalized spacial score (nSPS) is 10.4. The fourth-order valence-electron chi connectivity index (χ4n) is 1.80. The fourth-order valence-corrected chi connectivity index (χ4v) is 1.80. The van der Waals surface area contributed by atoms with Gasteiger partial charge in [-0.05, 0) is 19.8 Å². The van der Waals surface area contributed by atoms with Gasteiger partial charge in [0.1, 0.15) is 0 Å². The molecule has 8 nitrogen and oxygen atoms in total. The van der Waals surface area contributed by atoms with Crippen molar-refractivity contribution in [3.8, 4) is 6.01 Å². The molecule has 114 valence electrons. The van der Waals surface area contributed by atoms with Crippen LogP contribution in [0.15, 0.2) is 18.7 Å². The lowest BCUT2D eigenvalue weighted by Crippen LogP contribution is -2.11. The van der Waals surface area contributed by atoms with Gasteiger partial charge in [-0.25, -0.2) is 4.98 Å². The summed E-state index contributed by atoms with van der Waals surface area (Å²) in [5, 5.41) is 6.24. The second kappa shape index (κ2) is 8.03. The van der Waals surface area contributed by atoms with Crippen molar-refractivity contribution in [2.24, 2.45) is 0 Å². The molecule has 0 aliphatic heterocycles. The molecule has 0 fully saturated rings. The number of imidazole rings is 1. The molecule has 0 radical (unpaired) electrons. The molecule has 21 heavy (non-hydrogen) atoms. The summed E-state index contributed by atoms with van der Waals surface area (Å²) < 4.78 is 7.13. The summed E-state index contributed by atoms with van der Waals surface area (Å²) in [5.41, 5.74) is 0. The number of hydrogen-bond acceptors (Lipinski definition) is 7. The van der Waals surface area contributed by atoms with Crippen LogP contribution in [0, 0.1) is 0 Å². The Hall–Kier alpha value is -2.38. The highest BCUT2D eigenvalue weighted by Gasteiger charge is 2.05. The zero-order valence-electron chi connectivity index (χ0n) is 12.4. The number of nitrogens with one attached hydrogen (secondary N) is 2. The van der Waals surface area contributed by atoms with Crippen molar-refractivity contribution in [2.75, 3.05) is 30.8 Å². The van der Waals surface area contributed by atoms with E-state index >= 15 is 0 Å². The summed E-state index contributed by atoms with van der Waals surface area (Å²) in [6, 6.07) is 0.307. The fraction of sp³-hybridized carbons (Fsp3) is 0.538. The van der Waals surface area contributed by atoms with Gasteiger partial charge in [0.05, 0.1) is 13.4 Å². The molecule has 0 atom stereocenters. The zero-order chi connectivity index (χ0) is 14.9. The lowest BCUT2D eigenvalue weighted by molar-refractivity contribution is 0.379. The smallest absolute Gasteiger partial charge is 0.322 e. The Balaban J connectivity index is 1.77. The predicted molar refractivity (Wildman–Crippen MR) is 80.5 cm³/mol. The first-order valence-electron chi connectivity index (χ1n) is 7.05. The minimum Gasteiger partial charge on any atom is -0.467 e. The maximum Gasteiger partial charge on any atom is 0.322 e.